The highest BCUT2D eigenvalue weighted by atomic mass is 16.5. The lowest BCUT2D eigenvalue weighted by Gasteiger charge is -2.09. The molecule has 0 aliphatic heterocycles. The normalized spacial score (nSPS) is 9.85. The fraction of sp³-hybridized carbons (Fsp3) is 0.211. The summed E-state index contributed by atoms with van der Waals surface area (Å²) in [6.45, 7) is 2.26. The Morgan fingerprint density at radius 3 is 2.07 bits per heavy atom. The van der Waals surface area contributed by atoms with Gasteiger partial charge in [-0.05, 0) is 55.5 Å². The summed E-state index contributed by atoms with van der Waals surface area (Å²) in [6, 6.07) is 13.4. The van der Waals surface area contributed by atoms with Gasteiger partial charge < -0.3 is 25.4 Å². The first-order valence-corrected chi connectivity index (χ1v) is 8.27. The Hall–Kier alpha value is -3.55. The van der Waals surface area contributed by atoms with Crippen molar-refractivity contribution >= 4 is 29.3 Å². The van der Waals surface area contributed by atoms with E-state index in [4.69, 9.17) is 4.74 Å². The number of ether oxygens (including phenoxy) is 2. The molecule has 0 heterocycles. The van der Waals surface area contributed by atoms with Crippen molar-refractivity contribution in [3.05, 3.63) is 54.1 Å². The molecule has 142 valence electrons. The monoisotopic (exact) mass is 371 g/mol. The molecule has 0 aliphatic carbocycles. The fourth-order valence-corrected chi connectivity index (χ4v) is 2.14. The molecular formula is C19H21N3O5. The zero-order valence-corrected chi connectivity index (χ0v) is 15.1. The minimum atomic E-state index is -0.688. The number of carbonyl (C=O) groups excluding carboxylic acids is 3. The third-order valence-corrected chi connectivity index (χ3v) is 3.43. The highest BCUT2D eigenvalue weighted by Gasteiger charge is 2.08. The van der Waals surface area contributed by atoms with E-state index in [1.165, 1.54) is 7.11 Å². The van der Waals surface area contributed by atoms with Crippen molar-refractivity contribution in [2.75, 3.05) is 30.9 Å². The predicted octanol–water partition coefficient (Wildman–Crippen LogP) is 2.63. The zero-order chi connectivity index (χ0) is 19.6. The number of hydrogen-bond donors (Lipinski definition) is 3. The van der Waals surface area contributed by atoms with E-state index in [-0.39, 0.29) is 12.5 Å². The molecule has 0 saturated heterocycles. The molecule has 8 heteroatoms. The van der Waals surface area contributed by atoms with E-state index in [1.807, 2.05) is 6.92 Å². The van der Waals surface area contributed by atoms with Gasteiger partial charge in [0.15, 0.2) is 0 Å². The van der Waals surface area contributed by atoms with Gasteiger partial charge in [-0.3, -0.25) is 9.59 Å². The van der Waals surface area contributed by atoms with Gasteiger partial charge >= 0.3 is 6.09 Å². The number of amides is 3. The van der Waals surface area contributed by atoms with Gasteiger partial charge in [0.05, 0.1) is 13.7 Å². The fourth-order valence-electron chi connectivity index (χ4n) is 2.14. The summed E-state index contributed by atoms with van der Waals surface area (Å²) in [5, 5.41) is 7.66. The predicted molar refractivity (Wildman–Crippen MR) is 101 cm³/mol. The summed E-state index contributed by atoms with van der Waals surface area (Å²) in [5.74, 6) is 0.0497. The number of anilines is 2. The molecule has 0 atom stereocenters. The lowest BCUT2D eigenvalue weighted by atomic mass is 10.2. The van der Waals surface area contributed by atoms with Crippen molar-refractivity contribution in [3.8, 4) is 5.75 Å². The van der Waals surface area contributed by atoms with Crippen LogP contribution in [0.25, 0.3) is 0 Å². The van der Waals surface area contributed by atoms with Crippen molar-refractivity contribution in [1.82, 2.24) is 5.32 Å². The van der Waals surface area contributed by atoms with Crippen molar-refractivity contribution in [2.24, 2.45) is 0 Å². The molecule has 0 aromatic heterocycles. The van der Waals surface area contributed by atoms with E-state index in [9.17, 15) is 14.4 Å². The van der Waals surface area contributed by atoms with Gasteiger partial charge in [0, 0.05) is 16.9 Å². The van der Waals surface area contributed by atoms with Crippen LogP contribution in [0.5, 0.6) is 5.75 Å². The van der Waals surface area contributed by atoms with Gasteiger partial charge in [0.1, 0.15) is 12.3 Å². The Morgan fingerprint density at radius 2 is 1.48 bits per heavy atom. The summed E-state index contributed by atoms with van der Waals surface area (Å²) in [7, 11) is 1.21. The van der Waals surface area contributed by atoms with Gasteiger partial charge in [-0.15, -0.1) is 0 Å². The van der Waals surface area contributed by atoms with Gasteiger partial charge in [0.25, 0.3) is 5.91 Å². The molecule has 2 rings (SSSR count). The molecule has 0 saturated carbocycles. The second kappa shape index (κ2) is 9.81. The molecule has 0 radical (unpaired) electrons. The standard InChI is InChI=1S/C19H21N3O5/c1-3-27-16-10-8-15(9-11-16)22-18(24)13-4-6-14(7-5-13)21-17(23)12-20-19(25)26-2/h4-11H,3,12H2,1-2H3,(H,20,25)(H,21,23)(H,22,24). The largest absolute Gasteiger partial charge is 0.494 e. The minimum Gasteiger partial charge on any atom is -0.494 e. The zero-order valence-electron chi connectivity index (χ0n) is 15.1. The van der Waals surface area contributed by atoms with Crippen LogP contribution in [-0.4, -0.2) is 38.2 Å². The third-order valence-electron chi connectivity index (χ3n) is 3.43. The summed E-state index contributed by atoms with van der Waals surface area (Å²) < 4.78 is 9.73. The lowest BCUT2D eigenvalue weighted by Crippen LogP contribution is -2.32. The van der Waals surface area contributed by atoms with Crippen LogP contribution in [-0.2, 0) is 9.53 Å². The van der Waals surface area contributed by atoms with Gasteiger partial charge in [0.2, 0.25) is 5.91 Å². The molecule has 0 fully saturated rings. The number of alkyl carbamates (subject to hydrolysis) is 1. The Balaban J connectivity index is 1.89. The first kappa shape index (κ1) is 19.8. The van der Waals surface area contributed by atoms with Crippen LogP contribution < -0.4 is 20.7 Å². The van der Waals surface area contributed by atoms with Gasteiger partial charge in [-0.25, -0.2) is 4.79 Å². The molecular weight excluding hydrogens is 350 g/mol. The third kappa shape index (κ3) is 6.35. The average molecular weight is 371 g/mol. The summed E-state index contributed by atoms with van der Waals surface area (Å²) >= 11 is 0. The highest BCUT2D eigenvalue weighted by Crippen LogP contribution is 2.17. The Morgan fingerprint density at radius 1 is 0.889 bits per heavy atom. The molecule has 2 aromatic rings. The highest BCUT2D eigenvalue weighted by molar-refractivity contribution is 6.04. The van der Waals surface area contributed by atoms with Gasteiger partial charge in [-0.2, -0.15) is 0 Å². The SMILES string of the molecule is CCOc1ccc(NC(=O)c2ccc(NC(=O)CNC(=O)OC)cc2)cc1. The van der Waals surface area contributed by atoms with E-state index in [0.29, 0.717) is 23.5 Å². The number of methoxy groups -OCH3 is 1. The van der Waals surface area contributed by atoms with Crippen LogP contribution >= 0.6 is 0 Å². The van der Waals surface area contributed by atoms with Crippen molar-refractivity contribution in [2.45, 2.75) is 6.92 Å². The van der Waals surface area contributed by atoms with Crippen LogP contribution in [0.1, 0.15) is 17.3 Å². The van der Waals surface area contributed by atoms with Crippen molar-refractivity contribution in [1.29, 1.82) is 0 Å². The second-order valence-corrected chi connectivity index (χ2v) is 5.38. The van der Waals surface area contributed by atoms with Crippen LogP contribution in [0.4, 0.5) is 16.2 Å². The smallest absolute Gasteiger partial charge is 0.407 e. The lowest BCUT2D eigenvalue weighted by molar-refractivity contribution is -0.115. The van der Waals surface area contributed by atoms with E-state index in [0.717, 1.165) is 5.75 Å². The van der Waals surface area contributed by atoms with Crippen LogP contribution in [0.15, 0.2) is 48.5 Å². The first-order chi connectivity index (χ1) is 13.0. The molecule has 3 N–H and O–H groups in total. The second-order valence-electron chi connectivity index (χ2n) is 5.38. The molecule has 0 aliphatic rings. The molecule has 27 heavy (non-hydrogen) atoms. The molecule has 0 unspecified atom stereocenters. The Bertz CT molecular complexity index is 788. The number of carbonyl (C=O) groups is 3. The van der Waals surface area contributed by atoms with E-state index in [1.54, 1.807) is 48.5 Å². The van der Waals surface area contributed by atoms with Crippen LogP contribution in [0, 0.1) is 0 Å². The van der Waals surface area contributed by atoms with E-state index >= 15 is 0 Å². The maximum atomic E-state index is 12.3. The van der Waals surface area contributed by atoms with E-state index in [2.05, 4.69) is 20.7 Å². The molecule has 0 bridgehead atoms. The van der Waals surface area contributed by atoms with Gasteiger partial charge in [-0.1, -0.05) is 0 Å². The maximum absolute atomic E-state index is 12.3. The molecule has 8 nitrogen and oxygen atoms in total. The summed E-state index contributed by atoms with van der Waals surface area (Å²) in [4.78, 5) is 34.9. The average Bonchev–Trinajstić information content (AvgIpc) is 2.68. The Kier molecular flexibility index (Phi) is 7.18. The maximum Gasteiger partial charge on any atom is 0.407 e. The van der Waals surface area contributed by atoms with E-state index < -0.39 is 12.0 Å². The first-order valence-electron chi connectivity index (χ1n) is 8.27. The molecule has 2 aromatic carbocycles. The number of benzene rings is 2. The number of nitrogens with one attached hydrogen (secondary N) is 3. The van der Waals surface area contributed by atoms with Crippen LogP contribution in [0.2, 0.25) is 0 Å². The molecule has 3 amide bonds. The van der Waals surface area contributed by atoms with Crippen LogP contribution in [0.3, 0.4) is 0 Å². The summed E-state index contributed by atoms with van der Waals surface area (Å²) in [5.41, 5.74) is 1.59. The number of hydrogen-bond acceptors (Lipinski definition) is 5. The van der Waals surface area contributed by atoms with Crippen molar-refractivity contribution < 1.29 is 23.9 Å². The van der Waals surface area contributed by atoms with Crippen molar-refractivity contribution in [3.63, 3.8) is 0 Å². The minimum absolute atomic E-state index is 0.216. The molecule has 0 spiro atoms. The quantitative estimate of drug-likeness (QED) is 0.694. The Labute approximate surface area is 156 Å². The number of rotatable bonds is 7. The summed E-state index contributed by atoms with van der Waals surface area (Å²) in [6.07, 6.45) is -0.688. The topological polar surface area (TPSA) is 106 Å².